The van der Waals surface area contributed by atoms with Crippen LogP contribution in [-0.2, 0) is 4.84 Å². The molecule has 0 atom stereocenters. The van der Waals surface area contributed by atoms with Crippen LogP contribution in [0, 0.1) is 0 Å². The van der Waals surface area contributed by atoms with Gasteiger partial charge in [0.05, 0.1) is 13.7 Å². The van der Waals surface area contributed by atoms with E-state index in [1.54, 1.807) is 18.2 Å². The largest absolute Gasteiger partial charge is 0.490 e. The van der Waals surface area contributed by atoms with Crippen LogP contribution in [0.2, 0.25) is 0 Å². The van der Waals surface area contributed by atoms with Crippen molar-refractivity contribution in [3.05, 3.63) is 54.1 Å². The lowest BCUT2D eigenvalue weighted by atomic mass is 10.2. The summed E-state index contributed by atoms with van der Waals surface area (Å²) in [5.41, 5.74) is 2.69. The predicted octanol–water partition coefficient (Wildman–Crippen LogP) is 2.83. The molecule has 0 aliphatic carbocycles. The molecule has 6 nitrogen and oxygen atoms in total. The van der Waals surface area contributed by atoms with Gasteiger partial charge in [-0.05, 0) is 37.3 Å². The molecule has 1 amide bonds. The number of para-hydroxylation sites is 1. The molecule has 6 heteroatoms. The fraction of sp³-hybridized carbons (Fsp3) is 0.278. The number of ether oxygens (including phenoxy) is 3. The van der Waals surface area contributed by atoms with E-state index in [9.17, 15) is 4.79 Å². The first-order chi connectivity index (χ1) is 11.7. The van der Waals surface area contributed by atoms with Gasteiger partial charge in [-0.3, -0.25) is 9.63 Å². The molecule has 1 N–H and O–H groups in total. The van der Waals surface area contributed by atoms with Gasteiger partial charge in [-0.15, -0.1) is 0 Å². The maximum atomic E-state index is 11.8. The number of carbonyl (C=O) groups excluding carboxylic acids is 1. The Balaban J connectivity index is 1.94. The third-order valence-electron chi connectivity index (χ3n) is 3.05. The van der Waals surface area contributed by atoms with Crippen molar-refractivity contribution in [1.29, 1.82) is 0 Å². The Morgan fingerprint density at radius 3 is 2.42 bits per heavy atom. The number of carbonyl (C=O) groups is 1. The van der Waals surface area contributed by atoms with Crippen LogP contribution in [0.4, 0.5) is 0 Å². The molecule has 0 heterocycles. The van der Waals surface area contributed by atoms with Crippen molar-refractivity contribution in [3.63, 3.8) is 0 Å². The van der Waals surface area contributed by atoms with E-state index in [2.05, 4.69) is 10.3 Å². The van der Waals surface area contributed by atoms with E-state index in [1.807, 2.05) is 37.3 Å². The van der Waals surface area contributed by atoms with Crippen LogP contribution in [0.15, 0.2) is 48.5 Å². The van der Waals surface area contributed by atoms with Gasteiger partial charge in [0.1, 0.15) is 19.0 Å². The van der Waals surface area contributed by atoms with Gasteiger partial charge in [0.25, 0.3) is 5.91 Å². The highest BCUT2D eigenvalue weighted by atomic mass is 16.6. The highest BCUT2D eigenvalue weighted by molar-refractivity contribution is 5.94. The number of hydrogen-bond acceptors (Lipinski definition) is 5. The average molecular weight is 331 g/mol. The Morgan fingerprint density at radius 1 is 0.958 bits per heavy atom. The van der Waals surface area contributed by atoms with Gasteiger partial charge in [-0.25, -0.2) is 5.48 Å². The highest BCUT2D eigenvalue weighted by Crippen LogP contribution is 2.28. The molecule has 24 heavy (non-hydrogen) atoms. The third kappa shape index (κ3) is 5.17. The van der Waals surface area contributed by atoms with Crippen molar-refractivity contribution in [2.24, 2.45) is 0 Å². The van der Waals surface area contributed by atoms with Gasteiger partial charge in [-0.1, -0.05) is 18.2 Å². The molecule has 0 aliphatic rings. The number of hydrogen-bond donors (Lipinski definition) is 1. The molecule has 0 bridgehead atoms. The summed E-state index contributed by atoms with van der Waals surface area (Å²) in [6.45, 7) is 3.09. The Morgan fingerprint density at radius 2 is 1.71 bits per heavy atom. The fourth-order valence-electron chi connectivity index (χ4n) is 2.02. The van der Waals surface area contributed by atoms with E-state index < -0.39 is 0 Å². The summed E-state index contributed by atoms with van der Waals surface area (Å²) in [5.74, 6) is 1.50. The van der Waals surface area contributed by atoms with Gasteiger partial charge >= 0.3 is 0 Å². The van der Waals surface area contributed by atoms with Crippen LogP contribution in [-0.4, -0.2) is 32.8 Å². The second-order valence-electron chi connectivity index (χ2n) is 4.74. The highest BCUT2D eigenvalue weighted by Gasteiger charge is 2.11. The molecule has 0 unspecified atom stereocenters. The molecule has 0 spiro atoms. The van der Waals surface area contributed by atoms with Gasteiger partial charge < -0.3 is 14.2 Å². The third-order valence-corrected chi connectivity index (χ3v) is 3.05. The van der Waals surface area contributed by atoms with E-state index in [0.29, 0.717) is 36.9 Å². The molecule has 2 rings (SSSR count). The SMILES string of the molecule is CCOc1cc(C(=O)NOC)ccc1OCCOc1ccccc1. The van der Waals surface area contributed by atoms with Crippen molar-refractivity contribution in [1.82, 2.24) is 5.48 Å². The minimum Gasteiger partial charge on any atom is -0.490 e. The monoisotopic (exact) mass is 331 g/mol. The summed E-state index contributed by atoms with van der Waals surface area (Å²) in [5, 5.41) is 0. The summed E-state index contributed by atoms with van der Waals surface area (Å²) in [7, 11) is 1.38. The Labute approximate surface area is 141 Å². The van der Waals surface area contributed by atoms with E-state index in [0.717, 1.165) is 5.75 Å². The van der Waals surface area contributed by atoms with Crippen LogP contribution in [0.3, 0.4) is 0 Å². The standard InChI is InChI=1S/C18H21NO5/c1-3-22-17-13-14(18(20)19-21-2)9-10-16(17)24-12-11-23-15-7-5-4-6-8-15/h4-10,13H,3,11-12H2,1-2H3,(H,19,20). The van der Waals surface area contributed by atoms with Gasteiger partial charge in [0.15, 0.2) is 11.5 Å². The number of hydroxylamine groups is 1. The van der Waals surface area contributed by atoms with Crippen LogP contribution in [0.1, 0.15) is 17.3 Å². The first-order valence-corrected chi connectivity index (χ1v) is 7.65. The molecular weight excluding hydrogens is 310 g/mol. The first-order valence-electron chi connectivity index (χ1n) is 7.65. The van der Waals surface area contributed by atoms with Crippen LogP contribution in [0.5, 0.6) is 17.2 Å². The quantitative estimate of drug-likeness (QED) is 0.565. The summed E-state index contributed by atoms with van der Waals surface area (Å²) in [6.07, 6.45) is 0. The predicted molar refractivity (Wildman–Crippen MR) is 89.5 cm³/mol. The summed E-state index contributed by atoms with van der Waals surface area (Å²) >= 11 is 0. The Bertz CT molecular complexity index is 645. The lowest BCUT2D eigenvalue weighted by Crippen LogP contribution is -2.21. The second-order valence-corrected chi connectivity index (χ2v) is 4.74. The minimum absolute atomic E-state index is 0.350. The average Bonchev–Trinajstić information content (AvgIpc) is 2.61. The van der Waals surface area contributed by atoms with E-state index in [4.69, 9.17) is 14.2 Å². The molecule has 0 saturated heterocycles. The lowest BCUT2D eigenvalue weighted by Gasteiger charge is -2.13. The summed E-state index contributed by atoms with van der Waals surface area (Å²) in [6, 6.07) is 14.5. The molecule has 0 fully saturated rings. The minimum atomic E-state index is -0.350. The smallest absolute Gasteiger partial charge is 0.274 e. The summed E-state index contributed by atoms with van der Waals surface area (Å²) < 4.78 is 16.8. The maximum absolute atomic E-state index is 11.8. The van der Waals surface area contributed by atoms with Crippen LogP contribution in [0.25, 0.3) is 0 Å². The van der Waals surface area contributed by atoms with Gasteiger partial charge in [0, 0.05) is 5.56 Å². The van der Waals surface area contributed by atoms with Gasteiger partial charge in [-0.2, -0.15) is 0 Å². The molecule has 0 aliphatic heterocycles. The van der Waals surface area contributed by atoms with E-state index in [1.165, 1.54) is 7.11 Å². The van der Waals surface area contributed by atoms with Crippen LogP contribution < -0.4 is 19.7 Å². The van der Waals surface area contributed by atoms with E-state index in [-0.39, 0.29) is 5.91 Å². The summed E-state index contributed by atoms with van der Waals surface area (Å²) in [4.78, 5) is 16.4. The second kappa shape index (κ2) is 9.42. The molecule has 2 aromatic carbocycles. The van der Waals surface area contributed by atoms with E-state index >= 15 is 0 Å². The number of rotatable bonds is 9. The van der Waals surface area contributed by atoms with Crippen molar-refractivity contribution >= 4 is 5.91 Å². The normalized spacial score (nSPS) is 10.1. The molecule has 128 valence electrons. The zero-order valence-electron chi connectivity index (χ0n) is 13.8. The van der Waals surface area contributed by atoms with Crippen molar-refractivity contribution < 1.29 is 23.8 Å². The van der Waals surface area contributed by atoms with Crippen molar-refractivity contribution in [2.45, 2.75) is 6.92 Å². The topological polar surface area (TPSA) is 66.0 Å². The Kier molecular flexibility index (Phi) is 6.91. The number of nitrogens with one attached hydrogen (secondary N) is 1. The number of amides is 1. The first kappa shape index (κ1) is 17.6. The zero-order chi connectivity index (χ0) is 17.2. The van der Waals surface area contributed by atoms with Crippen LogP contribution >= 0.6 is 0 Å². The molecule has 2 aromatic rings. The lowest BCUT2D eigenvalue weighted by molar-refractivity contribution is 0.0537. The Hall–Kier alpha value is -2.73. The maximum Gasteiger partial charge on any atom is 0.274 e. The van der Waals surface area contributed by atoms with Crippen molar-refractivity contribution in [3.8, 4) is 17.2 Å². The zero-order valence-corrected chi connectivity index (χ0v) is 13.8. The number of benzene rings is 2. The molecule has 0 aromatic heterocycles. The molecular formula is C18H21NO5. The fourth-order valence-corrected chi connectivity index (χ4v) is 2.02. The molecule has 0 radical (unpaired) electrons. The van der Waals surface area contributed by atoms with Gasteiger partial charge in [0.2, 0.25) is 0 Å². The van der Waals surface area contributed by atoms with Crippen molar-refractivity contribution in [2.75, 3.05) is 26.9 Å². The molecule has 0 saturated carbocycles.